The molecule has 2 aromatic carbocycles. The zero-order valence-corrected chi connectivity index (χ0v) is 18.7. The molecule has 2 amide bonds. The van der Waals surface area contributed by atoms with Crippen LogP contribution in [0.15, 0.2) is 67.1 Å². The molecule has 0 unspecified atom stereocenters. The number of urea groups is 1. The second kappa shape index (κ2) is 9.35. The SMILES string of the molecule is Nc1ncnc2c1c(C(=O)c1cccc(NC(=O)NCc3ccccc3)c1)cn2C1CCCC1. The van der Waals surface area contributed by atoms with Crippen LogP contribution in [-0.4, -0.2) is 26.3 Å². The normalized spacial score (nSPS) is 13.8. The van der Waals surface area contributed by atoms with Crippen molar-refractivity contribution in [3.63, 3.8) is 0 Å². The number of carbonyl (C=O) groups is 2. The fourth-order valence-corrected chi connectivity index (χ4v) is 4.59. The van der Waals surface area contributed by atoms with Gasteiger partial charge in [-0.1, -0.05) is 55.3 Å². The van der Waals surface area contributed by atoms with Crippen molar-refractivity contribution in [3.8, 4) is 0 Å². The molecule has 1 aliphatic carbocycles. The fourth-order valence-electron chi connectivity index (χ4n) is 4.59. The van der Waals surface area contributed by atoms with Gasteiger partial charge in [0.05, 0.1) is 10.9 Å². The maximum Gasteiger partial charge on any atom is 0.319 e. The average molecular weight is 455 g/mol. The van der Waals surface area contributed by atoms with E-state index in [1.165, 1.54) is 6.33 Å². The Morgan fingerprint density at radius 2 is 1.82 bits per heavy atom. The van der Waals surface area contributed by atoms with Gasteiger partial charge in [0.15, 0.2) is 5.78 Å². The van der Waals surface area contributed by atoms with Crippen molar-refractivity contribution >= 4 is 34.4 Å². The molecule has 172 valence electrons. The molecule has 2 aromatic heterocycles. The Labute approximate surface area is 197 Å². The molecule has 0 radical (unpaired) electrons. The highest BCUT2D eigenvalue weighted by Crippen LogP contribution is 2.35. The van der Waals surface area contributed by atoms with Crippen LogP contribution in [0.2, 0.25) is 0 Å². The largest absolute Gasteiger partial charge is 0.383 e. The Bertz CT molecular complexity index is 1340. The van der Waals surface area contributed by atoms with Crippen molar-refractivity contribution in [3.05, 3.63) is 83.8 Å². The molecule has 0 spiro atoms. The first-order valence-electron chi connectivity index (χ1n) is 11.4. The maximum absolute atomic E-state index is 13.5. The first-order chi connectivity index (χ1) is 16.6. The standard InChI is InChI=1S/C26H26N6O2/c27-24-22-21(15-32(20-11-4-5-12-20)25(22)30-16-29-24)23(33)18-9-6-10-19(13-18)31-26(34)28-14-17-7-2-1-3-8-17/h1-3,6-10,13,15-16,20H,4-5,11-12,14H2,(H2,27,29,30)(H2,28,31,34). The number of ketones is 1. The van der Waals surface area contributed by atoms with E-state index in [4.69, 9.17) is 5.73 Å². The van der Waals surface area contributed by atoms with Crippen LogP contribution in [0.3, 0.4) is 0 Å². The van der Waals surface area contributed by atoms with Gasteiger partial charge in [-0.2, -0.15) is 0 Å². The molecule has 8 heteroatoms. The van der Waals surface area contributed by atoms with Gasteiger partial charge in [0.1, 0.15) is 17.8 Å². The molecule has 0 aliphatic heterocycles. The monoisotopic (exact) mass is 454 g/mol. The molecule has 1 saturated carbocycles. The Morgan fingerprint density at radius 1 is 1.03 bits per heavy atom. The van der Waals surface area contributed by atoms with Gasteiger partial charge in [0, 0.05) is 30.0 Å². The van der Waals surface area contributed by atoms with Crippen LogP contribution in [0, 0.1) is 0 Å². The van der Waals surface area contributed by atoms with E-state index in [1.807, 2.05) is 36.5 Å². The summed E-state index contributed by atoms with van der Waals surface area (Å²) in [6.45, 7) is 0.408. The molecule has 1 aliphatic rings. The van der Waals surface area contributed by atoms with E-state index >= 15 is 0 Å². The van der Waals surface area contributed by atoms with Gasteiger partial charge < -0.3 is 20.9 Å². The summed E-state index contributed by atoms with van der Waals surface area (Å²) in [5, 5.41) is 6.21. The third-order valence-corrected chi connectivity index (χ3v) is 6.28. The highest BCUT2D eigenvalue weighted by Gasteiger charge is 2.25. The van der Waals surface area contributed by atoms with Crippen molar-refractivity contribution in [1.82, 2.24) is 19.9 Å². The summed E-state index contributed by atoms with van der Waals surface area (Å²) in [6, 6.07) is 16.5. The molecular weight excluding hydrogens is 428 g/mol. The van der Waals surface area contributed by atoms with Crippen molar-refractivity contribution in [2.24, 2.45) is 0 Å². The fraction of sp³-hybridized carbons (Fsp3) is 0.231. The zero-order valence-electron chi connectivity index (χ0n) is 18.7. The Balaban J connectivity index is 1.38. The number of nitrogens with zero attached hydrogens (tertiary/aromatic N) is 3. The summed E-state index contributed by atoms with van der Waals surface area (Å²) in [5.41, 5.74) is 9.33. The van der Waals surface area contributed by atoms with E-state index in [0.29, 0.717) is 46.3 Å². The summed E-state index contributed by atoms with van der Waals surface area (Å²) in [4.78, 5) is 34.5. The number of carbonyl (C=O) groups excluding carboxylic acids is 2. The molecule has 1 fully saturated rings. The lowest BCUT2D eigenvalue weighted by atomic mass is 10.0. The number of aromatic nitrogens is 3. The van der Waals surface area contributed by atoms with Crippen LogP contribution >= 0.6 is 0 Å². The molecule has 0 bridgehead atoms. The minimum absolute atomic E-state index is 0.184. The summed E-state index contributed by atoms with van der Waals surface area (Å²) < 4.78 is 2.08. The van der Waals surface area contributed by atoms with Crippen molar-refractivity contribution in [2.45, 2.75) is 38.3 Å². The van der Waals surface area contributed by atoms with Crippen LogP contribution in [0.1, 0.15) is 53.2 Å². The second-order valence-electron chi connectivity index (χ2n) is 8.55. The lowest BCUT2D eigenvalue weighted by Gasteiger charge is -2.12. The van der Waals surface area contributed by atoms with Gasteiger partial charge in [-0.05, 0) is 30.5 Å². The van der Waals surface area contributed by atoms with E-state index in [2.05, 4.69) is 25.2 Å². The van der Waals surface area contributed by atoms with E-state index in [9.17, 15) is 9.59 Å². The van der Waals surface area contributed by atoms with Crippen LogP contribution in [-0.2, 0) is 6.54 Å². The molecule has 8 nitrogen and oxygen atoms in total. The number of fused-ring (bicyclic) bond motifs is 1. The van der Waals surface area contributed by atoms with Crippen molar-refractivity contribution in [1.29, 1.82) is 0 Å². The van der Waals surface area contributed by atoms with Crippen molar-refractivity contribution in [2.75, 3.05) is 11.1 Å². The first kappa shape index (κ1) is 21.6. The number of hydrogen-bond donors (Lipinski definition) is 3. The summed E-state index contributed by atoms with van der Waals surface area (Å²) in [5.74, 6) is 0.108. The van der Waals surface area contributed by atoms with Crippen LogP contribution < -0.4 is 16.4 Å². The molecule has 0 saturated heterocycles. The Hall–Kier alpha value is -4.20. The van der Waals surface area contributed by atoms with Gasteiger partial charge in [0.25, 0.3) is 0 Å². The van der Waals surface area contributed by atoms with Crippen molar-refractivity contribution < 1.29 is 9.59 Å². The topological polar surface area (TPSA) is 115 Å². The number of nitrogen functional groups attached to an aromatic ring is 1. The summed E-state index contributed by atoms with van der Waals surface area (Å²) >= 11 is 0. The van der Waals surface area contributed by atoms with Crippen LogP contribution in [0.4, 0.5) is 16.3 Å². The van der Waals surface area contributed by atoms with Gasteiger partial charge in [0.2, 0.25) is 0 Å². The van der Waals surface area contributed by atoms with E-state index < -0.39 is 0 Å². The average Bonchev–Trinajstić information content (AvgIpc) is 3.52. The molecule has 0 atom stereocenters. The Morgan fingerprint density at radius 3 is 2.62 bits per heavy atom. The van der Waals surface area contributed by atoms with Crippen LogP contribution in [0.5, 0.6) is 0 Å². The first-order valence-corrected chi connectivity index (χ1v) is 11.4. The van der Waals surface area contributed by atoms with Gasteiger partial charge in [-0.25, -0.2) is 14.8 Å². The number of nitrogens with one attached hydrogen (secondary N) is 2. The molecule has 5 rings (SSSR count). The summed E-state index contributed by atoms with van der Waals surface area (Å²) in [7, 11) is 0. The molecular formula is C26H26N6O2. The number of amides is 2. The number of hydrogen-bond acceptors (Lipinski definition) is 5. The molecule has 2 heterocycles. The number of nitrogens with two attached hydrogens (primary N) is 1. The van der Waals surface area contributed by atoms with Crippen LogP contribution in [0.25, 0.3) is 11.0 Å². The quantitative estimate of drug-likeness (QED) is 0.366. The summed E-state index contributed by atoms with van der Waals surface area (Å²) in [6.07, 6.45) is 7.73. The predicted molar refractivity (Wildman–Crippen MR) is 132 cm³/mol. The Kier molecular flexibility index (Phi) is 5.95. The third kappa shape index (κ3) is 4.34. The highest BCUT2D eigenvalue weighted by molar-refractivity contribution is 6.18. The number of benzene rings is 2. The zero-order chi connectivity index (χ0) is 23.5. The molecule has 34 heavy (non-hydrogen) atoms. The smallest absolute Gasteiger partial charge is 0.319 e. The number of rotatable bonds is 6. The number of anilines is 2. The predicted octanol–water partition coefficient (Wildman–Crippen LogP) is 4.68. The molecule has 4 N–H and O–H groups in total. The van der Waals surface area contributed by atoms with E-state index in [0.717, 1.165) is 31.2 Å². The lowest BCUT2D eigenvalue weighted by Crippen LogP contribution is -2.28. The minimum Gasteiger partial charge on any atom is -0.383 e. The minimum atomic E-state index is -0.344. The molecule has 4 aromatic rings. The second-order valence-corrected chi connectivity index (χ2v) is 8.55. The van der Waals surface area contributed by atoms with Gasteiger partial charge >= 0.3 is 6.03 Å². The lowest BCUT2D eigenvalue weighted by molar-refractivity contribution is 0.104. The van der Waals surface area contributed by atoms with Gasteiger partial charge in [-0.15, -0.1) is 0 Å². The van der Waals surface area contributed by atoms with E-state index in [1.54, 1.807) is 24.3 Å². The van der Waals surface area contributed by atoms with E-state index in [-0.39, 0.29) is 11.8 Å². The maximum atomic E-state index is 13.5. The van der Waals surface area contributed by atoms with Gasteiger partial charge in [-0.3, -0.25) is 4.79 Å². The third-order valence-electron chi connectivity index (χ3n) is 6.28. The highest BCUT2D eigenvalue weighted by atomic mass is 16.2.